The molecule has 0 radical (unpaired) electrons. The molecule has 0 amide bonds. The van der Waals surface area contributed by atoms with Gasteiger partial charge in [-0.05, 0) is 6.92 Å². The normalized spacial score (nSPS) is 10.8. The van der Waals surface area contributed by atoms with Gasteiger partial charge in [0.15, 0.2) is 5.78 Å². The Bertz CT molecular complexity index is 514. The van der Waals surface area contributed by atoms with Crippen molar-refractivity contribution >= 4 is 12.0 Å². The standard InChI is InChI=1S/C12H11N3O/c1-10-13-9-14-15(10)8-7-12(16)11-5-3-2-4-6-11/h2-9H,1H3/b8-7+. The van der Waals surface area contributed by atoms with E-state index in [0.29, 0.717) is 5.56 Å². The highest BCUT2D eigenvalue weighted by Crippen LogP contribution is 2.01. The van der Waals surface area contributed by atoms with Crippen LogP contribution in [-0.2, 0) is 0 Å². The molecule has 4 nitrogen and oxygen atoms in total. The number of carbonyl (C=O) groups is 1. The van der Waals surface area contributed by atoms with Crippen molar-refractivity contribution in [2.45, 2.75) is 6.92 Å². The molecular formula is C12H11N3O. The zero-order valence-corrected chi connectivity index (χ0v) is 8.87. The summed E-state index contributed by atoms with van der Waals surface area (Å²) in [6.45, 7) is 1.82. The fourth-order valence-electron chi connectivity index (χ4n) is 1.29. The van der Waals surface area contributed by atoms with E-state index < -0.39 is 0 Å². The highest BCUT2D eigenvalue weighted by Gasteiger charge is 2.00. The number of rotatable bonds is 3. The van der Waals surface area contributed by atoms with Crippen molar-refractivity contribution in [2.75, 3.05) is 0 Å². The van der Waals surface area contributed by atoms with Crippen LogP contribution in [0.3, 0.4) is 0 Å². The van der Waals surface area contributed by atoms with Crippen LogP contribution in [0.4, 0.5) is 0 Å². The molecule has 0 saturated carbocycles. The third-order valence-corrected chi connectivity index (χ3v) is 2.18. The Labute approximate surface area is 93.2 Å². The van der Waals surface area contributed by atoms with E-state index >= 15 is 0 Å². The molecule has 80 valence electrons. The third kappa shape index (κ3) is 2.23. The fourth-order valence-corrected chi connectivity index (χ4v) is 1.29. The van der Waals surface area contributed by atoms with Crippen LogP contribution in [0.25, 0.3) is 6.20 Å². The number of nitrogens with zero attached hydrogens (tertiary/aromatic N) is 3. The second kappa shape index (κ2) is 4.53. The van der Waals surface area contributed by atoms with Gasteiger partial charge in [0.25, 0.3) is 0 Å². The van der Waals surface area contributed by atoms with E-state index in [1.165, 1.54) is 12.4 Å². The first-order valence-electron chi connectivity index (χ1n) is 4.91. The number of ketones is 1. The molecule has 0 aliphatic heterocycles. The third-order valence-electron chi connectivity index (χ3n) is 2.18. The summed E-state index contributed by atoms with van der Waals surface area (Å²) in [7, 11) is 0. The minimum absolute atomic E-state index is 0.0458. The van der Waals surface area contributed by atoms with Crippen LogP contribution >= 0.6 is 0 Å². The first-order chi connectivity index (χ1) is 7.77. The maximum atomic E-state index is 11.7. The average molecular weight is 213 g/mol. The molecule has 1 aromatic carbocycles. The predicted octanol–water partition coefficient (Wildman–Crippen LogP) is 1.94. The van der Waals surface area contributed by atoms with Gasteiger partial charge < -0.3 is 0 Å². The Morgan fingerprint density at radius 1 is 1.31 bits per heavy atom. The van der Waals surface area contributed by atoms with E-state index in [0.717, 1.165) is 5.82 Å². The van der Waals surface area contributed by atoms with Gasteiger partial charge in [-0.2, -0.15) is 5.10 Å². The van der Waals surface area contributed by atoms with Crippen molar-refractivity contribution < 1.29 is 4.79 Å². The Hall–Kier alpha value is -2.23. The Morgan fingerprint density at radius 2 is 2.06 bits per heavy atom. The van der Waals surface area contributed by atoms with E-state index in [4.69, 9.17) is 0 Å². The number of allylic oxidation sites excluding steroid dienone is 1. The van der Waals surface area contributed by atoms with Crippen molar-refractivity contribution in [2.24, 2.45) is 0 Å². The minimum atomic E-state index is -0.0458. The first-order valence-corrected chi connectivity index (χ1v) is 4.91. The van der Waals surface area contributed by atoms with Crippen LogP contribution in [0, 0.1) is 6.92 Å². The van der Waals surface area contributed by atoms with Crippen molar-refractivity contribution in [3.05, 3.63) is 54.1 Å². The molecule has 4 heteroatoms. The van der Waals surface area contributed by atoms with Crippen LogP contribution < -0.4 is 0 Å². The molecule has 0 fully saturated rings. The lowest BCUT2D eigenvalue weighted by molar-refractivity contribution is 0.104. The zero-order valence-electron chi connectivity index (χ0n) is 8.87. The van der Waals surface area contributed by atoms with E-state index in [-0.39, 0.29) is 5.78 Å². The van der Waals surface area contributed by atoms with Crippen LogP contribution in [0.5, 0.6) is 0 Å². The lowest BCUT2D eigenvalue weighted by Gasteiger charge is -1.95. The molecule has 0 N–H and O–H groups in total. The van der Waals surface area contributed by atoms with Crippen molar-refractivity contribution in [1.29, 1.82) is 0 Å². The first kappa shape index (κ1) is 10.3. The molecule has 0 aliphatic carbocycles. The monoisotopic (exact) mass is 213 g/mol. The summed E-state index contributed by atoms with van der Waals surface area (Å²) in [4.78, 5) is 15.7. The Balaban J connectivity index is 2.15. The van der Waals surface area contributed by atoms with Gasteiger partial charge in [-0.3, -0.25) is 4.79 Å². The summed E-state index contributed by atoms with van der Waals surface area (Å²) >= 11 is 0. The Kier molecular flexibility index (Phi) is 2.91. The Morgan fingerprint density at radius 3 is 2.69 bits per heavy atom. The average Bonchev–Trinajstić information content (AvgIpc) is 2.73. The molecule has 0 atom stereocenters. The van der Waals surface area contributed by atoms with Gasteiger partial charge in [-0.25, -0.2) is 9.67 Å². The smallest absolute Gasteiger partial charge is 0.187 e. The van der Waals surface area contributed by atoms with Crippen LogP contribution in [0.2, 0.25) is 0 Å². The van der Waals surface area contributed by atoms with Crippen LogP contribution in [0.15, 0.2) is 42.7 Å². The molecule has 0 spiro atoms. The number of aromatic nitrogens is 3. The summed E-state index contributed by atoms with van der Waals surface area (Å²) in [6.07, 6.45) is 4.54. The van der Waals surface area contributed by atoms with Gasteiger partial charge in [0.05, 0.1) is 0 Å². The maximum absolute atomic E-state index is 11.7. The SMILES string of the molecule is Cc1ncnn1/C=C/C(=O)c1ccccc1. The summed E-state index contributed by atoms with van der Waals surface area (Å²) in [6, 6.07) is 9.10. The van der Waals surface area contributed by atoms with Crippen molar-refractivity contribution in [3.63, 3.8) is 0 Å². The molecule has 1 heterocycles. The molecule has 2 aromatic rings. The van der Waals surface area contributed by atoms with Crippen LogP contribution in [0.1, 0.15) is 16.2 Å². The number of aryl methyl sites for hydroxylation is 1. The molecular weight excluding hydrogens is 202 g/mol. The van der Waals surface area contributed by atoms with Gasteiger partial charge in [-0.1, -0.05) is 30.3 Å². The van der Waals surface area contributed by atoms with Crippen molar-refractivity contribution in [1.82, 2.24) is 14.8 Å². The number of hydrogen-bond donors (Lipinski definition) is 0. The van der Waals surface area contributed by atoms with Gasteiger partial charge in [0.2, 0.25) is 0 Å². The molecule has 0 unspecified atom stereocenters. The lowest BCUT2D eigenvalue weighted by Crippen LogP contribution is -1.97. The molecule has 0 bridgehead atoms. The summed E-state index contributed by atoms with van der Waals surface area (Å²) in [5.74, 6) is 0.701. The zero-order chi connectivity index (χ0) is 11.4. The summed E-state index contributed by atoms with van der Waals surface area (Å²) < 4.78 is 1.56. The predicted molar refractivity (Wildman–Crippen MR) is 60.9 cm³/mol. The van der Waals surface area contributed by atoms with Gasteiger partial charge >= 0.3 is 0 Å². The summed E-state index contributed by atoms with van der Waals surface area (Å²) in [5.41, 5.74) is 0.663. The van der Waals surface area contributed by atoms with Crippen LogP contribution in [-0.4, -0.2) is 20.5 Å². The van der Waals surface area contributed by atoms with E-state index in [9.17, 15) is 4.79 Å². The molecule has 16 heavy (non-hydrogen) atoms. The molecule has 2 rings (SSSR count). The molecule has 0 saturated heterocycles. The second-order valence-electron chi connectivity index (χ2n) is 3.30. The molecule has 1 aromatic heterocycles. The number of carbonyl (C=O) groups excluding carboxylic acids is 1. The minimum Gasteiger partial charge on any atom is -0.289 e. The number of hydrogen-bond acceptors (Lipinski definition) is 3. The fraction of sp³-hybridized carbons (Fsp3) is 0.0833. The topological polar surface area (TPSA) is 47.8 Å². The lowest BCUT2D eigenvalue weighted by atomic mass is 10.1. The second-order valence-corrected chi connectivity index (χ2v) is 3.30. The molecule has 0 aliphatic rings. The highest BCUT2D eigenvalue weighted by molar-refractivity contribution is 6.05. The van der Waals surface area contributed by atoms with Gasteiger partial charge in [-0.15, -0.1) is 0 Å². The van der Waals surface area contributed by atoms with Crippen molar-refractivity contribution in [3.8, 4) is 0 Å². The van der Waals surface area contributed by atoms with Gasteiger partial charge in [0, 0.05) is 17.8 Å². The maximum Gasteiger partial charge on any atom is 0.187 e. The highest BCUT2D eigenvalue weighted by atomic mass is 16.1. The largest absolute Gasteiger partial charge is 0.289 e. The van der Waals surface area contributed by atoms with Gasteiger partial charge in [0.1, 0.15) is 12.2 Å². The number of benzene rings is 1. The quantitative estimate of drug-likeness (QED) is 0.578. The van der Waals surface area contributed by atoms with E-state index in [2.05, 4.69) is 10.1 Å². The summed E-state index contributed by atoms with van der Waals surface area (Å²) in [5, 5.41) is 3.95. The van der Waals surface area contributed by atoms with E-state index in [1.807, 2.05) is 25.1 Å². The van der Waals surface area contributed by atoms with E-state index in [1.54, 1.807) is 23.0 Å².